The van der Waals surface area contributed by atoms with E-state index in [1.54, 1.807) is 0 Å². The smallest absolute Gasteiger partial charge is 0.237 e. The molecule has 0 fully saturated rings. The summed E-state index contributed by atoms with van der Waals surface area (Å²) in [7, 11) is 0. The van der Waals surface area contributed by atoms with Gasteiger partial charge in [0.2, 0.25) is 5.91 Å². The van der Waals surface area contributed by atoms with Crippen molar-refractivity contribution in [3.8, 4) is 5.75 Å². The Kier molecular flexibility index (Phi) is 9.63. The number of carbonyl (C=O) groups is 1. The van der Waals surface area contributed by atoms with Crippen LogP contribution in [0.15, 0.2) is 28.7 Å². The minimum Gasteiger partial charge on any atom is -0.488 e. The molecule has 3 N–H and O–H groups in total. The average Bonchev–Trinajstić information content (AvgIpc) is 2.39. The molecule has 0 saturated heterocycles. The maximum Gasteiger partial charge on any atom is 0.237 e. The van der Waals surface area contributed by atoms with Gasteiger partial charge in [-0.05, 0) is 41.4 Å². The summed E-state index contributed by atoms with van der Waals surface area (Å²) in [5, 5.41) is 2.80. The molecule has 0 aliphatic rings. The van der Waals surface area contributed by atoms with Crippen LogP contribution < -0.4 is 15.8 Å². The lowest BCUT2D eigenvalue weighted by molar-refractivity contribution is -0.122. The van der Waals surface area contributed by atoms with Crippen molar-refractivity contribution >= 4 is 34.2 Å². The first-order valence-corrected chi connectivity index (χ1v) is 7.28. The highest BCUT2D eigenvalue weighted by molar-refractivity contribution is 9.10. The number of para-hydroxylation sites is 1. The average molecular weight is 366 g/mol. The van der Waals surface area contributed by atoms with Gasteiger partial charge in [-0.2, -0.15) is 0 Å². The second kappa shape index (κ2) is 10.0. The molecule has 6 heteroatoms. The van der Waals surface area contributed by atoms with Crippen LogP contribution in [0.25, 0.3) is 0 Å². The number of carbonyl (C=O) groups excluding carboxylic acids is 1. The summed E-state index contributed by atoms with van der Waals surface area (Å²) >= 11 is 3.42. The quantitative estimate of drug-likeness (QED) is 0.781. The van der Waals surface area contributed by atoms with Gasteiger partial charge in [-0.3, -0.25) is 4.79 Å². The molecule has 0 bridgehead atoms. The predicted molar refractivity (Wildman–Crippen MR) is 87.4 cm³/mol. The third-order valence-corrected chi connectivity index (χ3v) is 3.32. The van der Waals surface area contributed by atoms with E-state index in [0.29, 0.717) is 13.0 Å². The fraction of sp³-hybridized carbons (Fsp3) is 0.500. The van der Waals surface area contributed by atoms with Crippen LogP contribution in [0.4, 0.5) is 0 Å². The van der Waals surface area contributed by atoms with Gasteiger partial charge in [0.05, 0.1) is 17.1 Å². The predicted octanol–water partition coefficient (Wildman–Crippen LogP) is 2.88. The number of halogens is 2. The number of nitrogens with one attached hydrogen (secondary N) is 1. The molecule has 0 saturated carbocycles. The van der Waals surface area contributed by atoms with Crippen molar-refractivity contribution < 1.29 is 9.53 Å². The van der Waals surface area contributed by atoms with Crippen molar-refractivity contribution in [1.29, 1.82) is 0 Å². The van der Waals surface area contributed by atoms with E-state index in [9.17, 15) is 4.79 Å². The summed E-state index contributed by atoms with van der Waals surface area (Å²) in [5.74, 6) is 0.645. The first-order chi connectivity index (χ1) is 9.04. The van der Waals surface area contributed by atoms with Crippen LogP contribution >= 0.6 is 28.3 Å². The van der Waals surface area contributed by atoms with Crippen molar-refractivity contribution in [2.45, 2.75) is 38.8 Å². The molecule has 0 aliphatic carbocycles. The zero-order chi connectivity index (χ0) is 14.3. The summed E-state index contributed by atoms with van der Waals surface area (Å²) in [5.41, 5.74) is 5.73. The monoisotopic (exact) mass is 364 g/mol. The number of hydrogen-bond donors (Lipinski definition) is 2. The van der Waals surface area contributed by atoms with E-state index in [4.69, 9.17) is 10.5 Å². The van der Waals surface area contributed by atoms with Crippen LogP contribution in [-0.2, 0) is 4.79 Å². The molecule has 0 heterocycles. The number of amides is 1. The Bertz CT molecular complexity index is 418. The van der Waals surface area contributed by atoms with Gasteiger partial charge in [-0.1, -0.05) is 25.5 Å². The van der Waals surface area contributed by atoms with E-state index in [2.05, 4.69) is 21.2 Å². The number of nitrogens with two attached hydrogens (primary N) is 1. The molecule has 0 aromatic heterocycles. The number of hydrogen-bond acceptors (Lipinski definition) is 3. The highest BCUT2D eigenvalue weighted by Gasteiger charge is 2.13. The van der Waals surface area contributed by atoms with Crippen LogP contribution in [0.5, 0.6) is 5.75 Å². The second-order valence-corrected chi connectivity index (χ2v) is 5.35. The van der Waals surface area contributed by atoms with E-state index in [1.165, 1.54) is 0 Å². The fourth-order valence-electron chi connectivity index (χ4n) is 1.62. The normalized spacial score (nSPS) is 13.0. The largest absolute Gasteiger partial charge is 0.488 e. The molecular formula is C14H22BrClN2O2. The Hall–Kier alpha value is -0.780. The van der Waals surface area contributed by atoms with Crippen molar-refractivity contribution in [3.63, 3.8) is 0 Å². The topological polar surface area (TPSA) is 64.4 Å². The minimum absolute atomic E-state index is 0. The molecule has 2 unspecified atom stereocenters. The van der Waals surface area contributed by atoms with Crippen LogP contribution in [-0.4, -0.2) is 24.6 Å². The molecule has 1 aromatic rings. The summed E-state index contributed by atoms with van der Waals surface area (Å²) in [6.45, 7) is 4.36. The van der Waals surface area contributed by atoms with E-state index in [1.807, 2.05) is 38.1 Å². The molecule has 0 radical (unpaired) electrons. The van der Waals surface area contributed by atoms with Gasteiger partial charge in [0.1, 0.15) is 11.9 Å². The lowest BCUT2D eigenvalue weighted by atomic mass is 10.1. The third kappa shape index (κ3) is 6.59. The molecular weight excluding hydrogens is 344 g/mol. The van der Waals surface area contributed by atoms with E-state index in [-0.39, 0.29) is 24.4 Å². The maximum absolute atomic E-state index is 11.7. The van der Waals surface area contributed by atoms with Crippen molar-refractivity contribution in [2.24, 2.45) is 5.73 Å². The summed E-state index contributed by atoms with van der Waals surface area (Å²) < 4.78 is 6.63. The Labute approximate surface area is 135 Å². The van der Waals surface area contributed by atoms with E-state index in [0.717, 1.165) is 16.6 Å². The van der Waals surface area contributed by atoms with Gasteiger partial charge in [-0.15, -0.1) is 12.4 Å². The molecule has 1 amide bonds. The molecule has 1 aromatic carbocycles. The Balaban J connectivity index is 0.00000361. The standard InChI is InChI=1S/C14H21BrN2O2.ClH/c1-3-6-12(16)14(18)17-9-10(2)19-13-8-5-4-7-11(13)15;/h4-5,7-8,10,12H,3,6,9,16H2,1-2H3,(H,17,18);1H. The zero-order valence-corrected chi connectivity index (χ0v) is 14.2. The van der Waals surface area contributed by atoms with Crippen molar-refractivity contribution in [2.75, 3.05) is 6.54 Å². The first-order valence-electron chi connectivity index (χ1n) is 6.49. The Morgan fingerprint density at radius 1 is 1.45 bits per heavy atom. The van der Waals surface area contributed by atoms with Crippen LogP contribution in [0.2, 0.25) is 0 Å². The molecule has 1 rings (SSSR count). The molecule has 20 heavy (non-hydrogen) atoms. The number of rotatable bonds is 7. The lowest BCUT2D eigenvalue weighted by Crippen LogP contribution is -2.43. The minimum atomic E-state index is -0.430. The molecule has 4 nitrogen and oxygen atoms in total. The van der Waals surface area contributed by atoms with Gasteiger partial charge in [0, 0.05) is 0 Å². The summed E-state index contributed by atoms with van der Waals surface area (Å²) in [4.78, 5) is 11.7. The third-order valence-electron chi connectivity index (χ3n) is 2.67. The maximum atomic E-state index is 11.7. The molecule has 0 aliphatic heterocycles. The van der Waals surface area contributed by atoms with Crippen molar-refractivity contribution in [1.82, 2.24) is 5.32 Å². The highest BCUT2D eigenvalue weighted by atomic mass is 79.9. The summed E-state index contributed by atoms with van der Waals surface area (Å²) in [6.07, 6.45) is 1.49. The lowest BCUT2D eigenvalue weighted by Gasteiger charge is -2.18. The number of benzene rings is 1. The van der Waals surface area contributed by atoms with E-state index >= 15 is 0 Å². The SMILES string of the molecule is CCCC(N)C(=O)NCC(C)Oc1ccccc1Br.Cl. The van der Waals surface area contributed by atoms with Crippen LogP contribution in [0.1, 0.15) is 26.7 Å². The molecule has 2 atom stereocenters. The second-order valence-electron chi connectivity index (χ2n) is 4.50. The van der Waals surface area contributed by atoms with Gasteiger partial charge in [0.15, 0.2) is 0 Å². The van der Waals surface area contributed by atoms with E-state index < -0.39 is 6.04 Å². The Morgan fingerprint density at radius 3 is 2.70 bits per heavy atom. The highest BCUT2D eigenvalue weighted by Crippen LogP contribution is 2.24. The molecule has 0 spiro atoms. The fourth-order valence-corrected chi connectivity index (χ4v) is 1.99. The van der Waals surface area contributed by atoms with Crippen LogP contribution in [0.3, 0.4) is 0 Å². The van der Waals surface area contributed by atoms with Crippen molar-refractivity contribution in [3.05, 3.63) is 28.7 Å². The van der Waals surface area contributed by atoms with Gasteiger partial charge in [0.25, 0.3) is 0 Å². The summed E-state index contributed by atoms with van der Waals surface area (Å²) in [6, 6.07) is 7.19. The Morgan fingerprint density at radius 2 is 2.10 bits per heavy atom. The first kappa shape index (κ1) is 19.2. The molecule has 114 valence electrons. The number of ether oxygens (including phenoxy) is 1. The van der Waals surface area contributed by atoms with Gasteiger partial charge >= 0.3 is 0 Å². The van der Waals surface area contributed by atoms with Gasteiger partial charge in [-0.25, -0.2) is 0 Å². The zero-order valence-electron chi connectivity index (χ0n) is 11.8. The van der Waals surface area contributed by atoms with Gasteiger partial charge < -0.3 is 15.8 Å². The van der Waals surface area contributed by atoms with Crippen LogP contribution in [0, 0.1) is 0 Å².